The van der Waals surface area contributed by atoms with E-state index in [9.17, 15) is 22.8 Å². The molecule has 39 heavy (non-hydrogen) atoms. The van der Waals surface area contributed by atoms with Gasteiger partial charge in [-0.3, -0.25) is 9.59 Å². The average Bonchev–Trinajstić information content (AvgIpc) is 3.76. The van der Waals surface area contributed by atoms with Crippen molar-refractivity contribution in [2.24, 2.45) is 5.92 Å². The van der Waals surface area contributed by atoms with E-state index in [1.165, 1.54) is 17.8 Å². The van der Waals surface area contributed by atoms with Crippen molar-refractivity contribution >= 4 is 46.7 Å². The zero-order valence-electron chi connectivity index (χ0n) is 21.5. The summed E-state index contributed by atoms with van der Waals surface area (Å²) in [6, 6.07) is 7.02. The van der Waals surface area contributed by atoms with Crippen LogP contribution in [-0.2, 0) is 15.8 Å². The highest BCUT2D eigenvalue weighted by Gasteiger charge is 2.37. The summed E-state index contributed by atoms with van der Waals surface area (Å²) in [4.78, 5) is 41.9. The number of hydrogen-bond acceptors (Lipinski definition) is 7. The molecule has 2 aromatic rings. The topological polar surface area (TPSA) is 72.9 Å². The van der Waals surface area contributed by atoms with Crippen LogP contribution in [0.5, 0.6) is 0 Å². The molecule has 3 fully saturated rings. The summed E-state index contributed by atoms with van der Waals surface area (Å²) < 4.78 is 39.2. The number of alkyl halides is 3. The fraction of sp³-hybridized carbons (Fsp3) is 0.538. The Balaban J connectivity index is 1.13. The van der Waals surface area contributed by atoms with Crippen LogP contribution in [0, 0.1) is 5.92 Å². The number of carbonyl (C=O) groups is 2. The Morgan fingerprint density at radius 3 is 2.41 bits per heavy atom. The molecule has 1 unspecified atom stereocenters. The first-order valence-electron chi connectivity index (χ1n) is 13.0. The van der Waals surface area contributed by atoms with Crippen molar-refractivity contribution in [3.8, 4) is 0 Å². The van der Waals surface area contributed by atoms with Crippen molar-refractivity contribution in [1.82, 2.24) is 19.8 Å². The van der Waals surface area contributed by atoms with Crippen LogP contribution in [0.4, 0.5) is 24.7 Å². The van der Waals surface area contributed by atoms with Crippen LogP contribution < -0.4 is 9.80 Å². The summed E-state index contributed by atoms with van der Waals surface area (Å²) in [6.07, 6.45) is -2.43. The lowest BCUT2D eigenvalue weighted by molar-refractivity contribution is -0.137. The van der Waals surface area contributed by atoms with Crippen LogP contribution in [0.3, 0.4) is 0 Å². The van der Waals surface area contributed by atoms with Crippen molar-refractivity contribution < 1.29 is 22.8 Å². The number of aromatic nitrogens is 2. The van der Waals surface area contributed by atoms with E-state index in [0.29, 0.717) is 62.5 Å². The van der Waals surface area contributed by atoms with E-state index in [1.807, 2.05) is 16.7 Å². The number of hydrogen-bond donors (Lipinski definition) is 0. The minimum atomic E-state index is -4.39. The predicted octanol–water partition coefficient (Wildman–Crippen LogP) is 4.04. The quantitative estimate of drug-likeness (QED) is 0.289. The summed E-state index contributed by atoms with van der Waals surface area (Å²) in [5.74, 6) is 1.15. The smallest absolute Gasteiger partial charge is 0.368 e. The molecule has 1 aromatic carbocycles. The van der Waals surface area contributed by atoms with Gasteiger partial charge in [-0.2, -0.15) is 13.2 Å². The Hall–Kier alpha value is -2.73. The summed E-state index contributed by atoms with van der Waals surface area (Å²) in [5.41, 5.74) is -0.183. The summed E-state index contributed by atoms with van der Waals surface area (Å²) >= 11 is 7.49. The van der Waals surface area contributed by atoms with Crippen LogP contribution in [-0.4, -0.2) is 89.2 Å². The standard InChI is InChI=1S/C26H30ClF3N6O2S/c1-17-15-35(11-12-36(17)24(38)18-5-6-18)22-14-21(27)31-25(32-22)39-16-23(37)34-9-7-33(8-10-34)20-4-2-3-19(13-20)26(28,29)30/h2-4,13-14,17-18H,5-12,15-16H2,1H3. The first kappa shape index (κ1) is 27.8. The van der Waals surface area contributed by atoms with Crippen molar-refractivity contribution in [2.75, 3.05) is 61.4 Å². The van der Waals surface area contributed by atoms with E-state index in [4.69, 9.17) is 11.6 Å². The Labute approximate surface area is 234 Å². The lowest BCUT2D eigenvalue weighted by atomic mass is 10.1. The maximum Gasteiger partial charge on any atom is 0.416 e. The monoisotopic (exact) mass is 582 g/mol. The van der Waals surface area contributed by atoms with Crippen LogP contribution >= 0.6 is 23.4 Å². The summed E-state index contributed by atoms with van der Waals surface area (Å²) in [7, 11) is 0. The van der Waals surface area contributed by atoms with E-state index < -0.39 is 11.7 Å². The maximum atomic E-state index is 13.1. The molecule has 1 aliphatic carbocycles. The maximum absolute atomic E-state index is 13.1. The number of anilines is 2. The Bertz CT molecular complexity index is 1220. The van der Waals surface area contributed by atoms with Crippen LogP contribution in [0.15, 0.2) is 35.5 Å². The minimum absolute atomic E-state index is 0.0628. The van der Waals surface area contributed by atoms with Crippen molar-refractivity contribution in [2.45, 2.75) is 37.1 Å². The molecule has 2 aliphatic heterocycles. The largest absolute Gasteiger partial charge is 0.416 e. The van der Waals surface area contributed by atoms with Crippen LogP contribution in [0.2, 0.25) is 5.15 Å². The van der Waals surface area contributed by atoms with Gasteiger partial charge in [0.05, 0.1) is 11.3 Å². The van der Waals surface area contributed by atoms with Gasteiger partial charge in [-0.05, 0) is 38.0 Å². The van der Waals surface area contributed by atoms with Gasteiger partial charge < -0.3 is 19.6 Å². The van der Waals surface area contributed by atoms with E-state index in [2.05, 4.69) is 14.9 Å². The molecule has 8 nitrogen and oxygen atoms in total. The number of thioether (sulfide) groups is 1. The molecule has 1 aromatic heterocycles. The highest BCUT2D eigenvalue weighted by atomic mass is 35.5. The molecule has 1 saturated carbocycles. The second-order valence-electron chi connectivity index (χ2n) is 10.1. The SMILES string of the molecule is CC1CN(c2cc(Cl)nc(SCC(=O)N3CCN(c4cccc(C(F)(F)F)c4)CC3)n2)CCN1C(=O)C1CC1. The normalized spacial score (nSPS) is 20.4. The number of piperazine rings is 2. The van der Waals surface area contributed by atoms with E-state index in [-0.39, 0.29) is 34.7 Å². The van der Waals surface area contributed by atoms with Gasteiger partial charge in [0.25, 0.3) is 0 Å². The van der Waals surface area contributed by atoms with Gasteiger partial charge in [-0.1, -0.05) is 29.4 Å². The van der Waals surface area contributed by atoms with Gasteiger partial charge in [0.1, 0.15) is 11.0 Å². The number of benzene rings is 1. The average molecular weight is 583 g/mol. The van der Waals surface area contributed by atoms with Gasteiger partial charge >= 0.3 is 6.18 Å². The minimum Gasteiger partial charge on any atom is -0.368 e. The second kappa shape index (κ2) is 11.4. The molecule has 210 valence electrons. The lowest BCUT2D eigenvalue weighted by Gasteiger charge is -2.40. The highest BCUT2D eigenvalue weighted by molar-refractivity contribution is 7.99. The third-order valence-electron chi connectivity index (χ3n) is 7.32. The first-order valence-corrected chi connectivity index (χ1v) is 14.4. The molecule has 0 spiro atoms. The number of nitrogens with zero attached hydrogens (tertiary/aromatic N) is 6. The highest BCUT2D eigenvalue weighted by Crippen LogP contribution is 2.33. The summed E-state index contributed by atoms with van der Waals surface area (Å²) in [6.45, 7) is 5.69. The molecule has 13 heteroatoms. The molecule has 0 radical (unpaired) electrons. The molecule has 1 atom stereocenters. The van der Waals surface area contributed by atoms with Crippen LogP contribution in [0.1, 0.15) is 25.3 Å². The summed E-state index contributed by atoms with van der Waals surface area (Å²) in [5, 5.41) is 0.686. The fourth-order valence-corrected chi connectivity index (χ4v) is 5.96. The molecular weight excluding hydrogens is 553 g/mol. The van der Waals surface area contributed by atoms with Gasteiger partial charge in [-0.25, -0.2) is 9.97 Å². The molecule has 2 amide bonds. The second-order valence-corrected chi connectivity index (χ2v) is 11.5. The third-order valence-corrected chi connectivity index (χ3v) is 8.34. The zero-order valence-corrected chi connectivity index (χ0v) is 23.1. The van der Waals surface area contributed by atoms with E-state index in [0.717, 1.165) is 25.0 Å². The molecular formula is C26H30ClF3N6O2S. The predicted molar refractivity (Wildman–Crippen MR) is 144 cm³/mol. The molecule has 3 aliphatic rings. The van der Waals surface area contributed by atoms with E-state index >= 15 is 0 Å². The third kappa shape index (κ3) is 6.71. The Morgan fingerprint density at radius 1 is 1.03 bits per heavy atom. The molecule has 3 heterocycles. The zero-order chi connectivity index (χ0) is 27.7. The number of halogens is 4. The first-order chi connectivity index (χ1) is 18.6. The van der Waals surface area contributed by atoms with Crippen molar-refractivity contribution in [3.63, 3.8) is 0 Å². The Kier molecular flexibility index (Phi) is 8.14. The Morgan fingerprint density at radius 2 is 1.74 bits per heavy atom. The number of carbonyl (C=O) groups excluding carboxylic acids is 2. The van der Waals surface area contributed by atoms with E-state index in [1.54, 1.807) is 17.0 Å². The molecule has 2 saturated heterocycles. The fourth-order valence-electron chi connectivity index (χ4n) is 4.98. The molecule has 0 bridgehead atoms. The number of amides is 2. The van der Waals surface area contributed by atoms with Gasteiger partial charge in [-0.15, -0.1) is 0 Å². The van der Waals surface area contributed by atoms with Crippen LogP contribution in [0.25, 0.3) is 0 Å². The van der Waals surface area contributed by atoms with Gasteiger partial charge in [0, 0.05) is 69.5 Å². The van der Waals surface area contributed by atoms with Gasteiger partial charge in [0.2, 0.25) is 11.8 Å². The molecule has 5 rings (SSSR count). The lowest BCUT2D eigenvalue weighted by Crippen LogP contribution is -2.54. The van der Waals surface area contributed by atoms with Crippen molar-refractivity contribution in [3.05, 3.63) is 41.0 Å². The molecule has 0 N–H and O–H groups in total. The van der Waals surface area contributed by atoms with Crippen molar-refractivity contribution in [1.29, 1.82) is 0 Å². The number of rotatable bonds is 6. The van der Waals surface area contributed by atoms with Gasteiger partial charge in [0.15, 0.2) is 5.16 Å².